The van der Waals surface area contributed by atoms with Crippen LogP contribution in [-0.2, 0) is 16.1 Å². The number of carbonyl (C=O) groups excluding carboxylic acids is 1. The summed E-state index contributed by atoms with van der Waals surface area (Å²) in [4.78, 5) is 11.6. The van der Waals surface area contributed by atoms with Crippen molar-refractivity contribution < 1.29 is 14.1 Å². The second-order valence-electron chi connectivity index (χ2n) is 4.69. The number of ether oxygens (including phenoxy) is 1. The van der Waals surface area contributed by atoms with Crippen LogP contribution in [0.15, 0.2) is 16.9 Å². The quantitative estimate of drug-likeness (QED) is 0.785. The molecule has 0 spiro atoms. The maximum atomic E-state index is 11.6. The molecule has 5 nitrogen and oxygen atoms in total. The normalized spacial score (nSPS) is 13.5. The van der Waals surface area contributed by atoms with Gasteiger partial charge >= 0.3 is 5.97 Å². The molecule has 1 aromatic rings. The van der Waals surface area contributed by atoms with E-state index < -0.39 is 0 Å². The van der Waals surface area contributed by atoms with E-state index in [0.717, 1.165) is 5.69 Å². The highest BCUT2D eigenvalue weighted by molar-refractivity contribution is 5.76. The van der Waals surface area contributed by atoms with E-state index in [4.69, 9.17) is 9.26 Å². The first-order valence-corrected chi connectivity index (χ1v) is 5.15. The van der Waals surface area contributed by atoms with Crippen molar-refractivity contribution in [1.29, 1.82) is 0 Å². The lowest BCUT2D eigenvalue weighted by Gasteiger charge is -2.28. The first-order valence-electron chi connectivity index (χ1n) is 5.15. The molecule has 90 valence electrons. The van der Waals surface area contributed by atoms with E-state index >= 15 is 0 Å². The Bertz CT molecular complexity index is 327. The number of esters is 1. The van der Waals surface area contributed by atoms with Gasteiger partial charge in [0.25, 0.3) is 0 Å². The highest BCUT2D eigenvalue weighted by atomic mass is 16.5. The molecule has 1 N–H and O–H groups in total. The first-order chi connectivity index (χ1) is 7.45. The molecular formula is C11H18N2O3. The lowest BCUT2D eigenvalue weighted by Crippen LogP contribution is -2.46. The van der Waals surface area contributed by atoms with E-state index in [1.54, 1.807) is 6.07 Å². The predicted molar refractivity (Wildman–Crippen MR) is 58.6 cm³/mol. The summed E-state index contributed by atoms with van der Waals surface area (Å²) in [6, 6.07) is 1.39. The van der Waals surface area contributed by atoms with Gasteiger partial charge in [0.1, 0.15) is 12.3 Å². The topological polar surface area (TPSA) is 64.4 Å². The zero-order valence-electron chi connectivity index (χ0n) is 10.1. The fourth-order valence-electron chi connectivity index (χ4n) is 1.40. The molecule has 1 atom stereocenters. The van der Waals surface area contributed by atoms with Gasteiger partial charge in [0.2, 0.25) is 0 Å². The minimum Gasteiger partial charge on any atom is -0.468 e. The third-order valence-electron chi connectivity index (χ3n) is 2.28. The minimum atomic E-state index is -0.366. The molecule has 0 aliphatic rings. The van der Waals surface area contributed by atoms with Crippen LogP contribution in [0.3, 0.4) is 0 Å². The van der Waals surface area contributed by atoms with Crippen LogP contribution in [0.5, 0.6) is 0 Å². The molecule has 0 radical (unpaired) electrons. The average Bonchev–Trinajstić information content (AvgIpc) is 2.68. The second-order valence-corrected chi connectivity index (χ2v) is 4.69. The summed E-state index contributed by atoms with van der Waals surface area (Å²) in [7, 11) is 1.39. The van der Waals surface area contributed by atoms with Crippen molar-refractivity contribution in [2.75, 3.05) is 7.11 Å². The molecule has 0 aliphatic heterocycles. The van der Waals surface area contributed by atoms with E-state index in [0.29, 0.717) is 6.54 Å². The number of hydrogen-bond donors (Lipinski definition) is 1. The molecule has 5 heteroatoms. The molecule has 0 aromatic carbocycles. The molecule has 0 fully saturated rings. The van der Waals surface area contributed by atoms with Gasteiger partial charge in [0.05, 0.1) is 12.8 Å². The summed E-state index contributed by atoms with van der Waals surface area (Å²) in [5.74, 6) is -0.268. The minimum absolute atomic E-state index is 0.211. The first kappa shape index (κ1) is 12.7. The van der Waals surface area contributed by atoms with Crippen molar-refractivity contribution in [3.8, 4) is 0 Å². The summed E-state index contributed by atoms with van der Waals surface area (Å²) in [5.41, 5.74) is 0.551. The van der Waals surface area contributed by atoms with Crippen LogP contribution in [0.1, 0.15) is 26.5 Å². The lowest BCUT2D eigenvalue weighted by molar-refractivity contribution is -0.146. The van der Waals surface area contributed by atoms with Gasteiger partial charge in [-0.05, 0) is 5.41 Å². The Morgan fingerprint density at radius 3 is 2.75 bits per heavy atom. The van der Waals surface area contributed by atoms with Crippen LogP contribution in [-0.4, -0.2) is 24.3 Å². The Labute approximate surface area is 95.1 Å². The van der Waals surface area contributed by atoms with Crippen LogP contribution < -0.4 is 5.32 Å². The van der Waals surface area contributed by atoms with Gasteiger partial charge in [-0.1, -0.05) is 25.9 Å². The van der Waals surface area contributed by atoms with E-state index in [1.807, 2.05) is 20.8 Å². The molecule has 0 saturated heterocycles. The van der Waals surface area contributed by atoms with Crippen molar-refractivity contribution in [3.05, 3.63) is 18.0 Å². The molecule has 0 amide bonds. The van der Waals surface area contributed by atoms with Gasteiger partial charge in [-0.15, -0.1) is 0 Å². The van der Waals surface area contributed by atoms with Gasteiger partial charge in [-0.3, -0.25) is 10.1 Å². The summed E-state index contributed by atoms with van der Waals surface area (Å²) in [6.07, 6.45) is 1.50. The zero-order chi connectivity index (χ0) is 12.2. The van der Waals surface area contributed by atoms with Gasteiger partial charge < -0.3 is 9.26 Å². The van der Waals surface area contributed by atoms with E-state index in [-0.39, 0.29) is 17.4 Å². The predicted octanol–water partition coefficient (Wildman–Crippen LogP) is 1.35. The zero-order valence-corrected chi connectivity index (χ0v) is 10.1. The van der Waals surface area contributed by atoms with E-state index in [9.17, 15) is 4.79 Å². The molecule has 0 unspecified atom stereocenters. The number of rotatable bonds is 4. The van der Waals surface area contributed by atoms with Crippen molar-refractivity contribution in [2.24, 2.45) is 5.41 Å². The van der Waals surface area contributed by atoms with E-state index in [2.05, 4.69) is 10.5 Å². The number of hydrogen-bond acceptors (Lipinski definition) is 5. The molecule has 1 rings (SSSR count). The van der Waals surface area contributed by atoms with Crippen molar-refractivity contribution in [1.82, 2.24) is 10.5 Å². The third-order valence-corrected chi connectivity index (χ3v) is 2.28. The summed E-state index contributed by atoms with van der Waals surface area (Å²) in [5, 5.41) is 6.88. The SMILES string of the molecule is COC(=O)[C@@H](NCc1ccon1)C(C)(C)C. The van der Waals surface area contributed by atoms with Crippen LogP contribution in [0.25, 0.3) is 0 Å². The molecule has 1 heterocycles. The monoisotopic (exact) mass is 226 g/mol. The molecule has 0 bridgehead atoms. The molecule has 0 aliphatic carbocycles. The highest BCUT2D eigenvalue weighted by Crippen LogP contribution is 2.20. The maximum absolute atomic E-state index is 11.6. The van der Waals surface area contributed by atoms with Crippen LogP contribution in [0, 0.1) is 5.41 Å². The van der Waals surface area contributed by atoms with Crippen molar-refractivity contribution in [2.45, 2.75) is 33.4 Å². The molecular weight excluding hydrogens is 208 g/mol. The van der Waals surface area contributed by atoms with Gasteiger partial charge in [-0.25, -0.2) is 0 Å². The number of methoxy groups -OCH3 is 1. The Hall–Kier alpha value is -1.36. The second kappa shape index (κ2) is 5.12. The summed E-state index contributed by atoms with van der Waals surface area (Å²) < 4.78 is 9.48. The maximum Gasteiger partial charge on any atom is 0.323 e. The number of aromatic nitrogens is 1. The van der Waals surface area contributed by atoms with Crippen LogP contribution in [0.2, 0.25) is 0 Å². The van der Waals surface area contributed by atoms with E-state index in [1.165, 1.54) is 13.4 Å². The Kier molecular flexibility index (Phi) is 4.06. The van der Waals surface area contributed by atoms with Gasteiger partial charge in [0, 0.05) is 12.6 Å². The number of nitrogens with one attached hydrogen (secondary N) is 1. The highest BCUT2D eigenvalue weighted by Gasteiger charge is 2.31. The largest absolute Gasteiger partial charge is 0.468 e. The van der Waals surface area contributed by atoms with Crippen molar-refractivity contribution in [3.63, 3.8) is 0 Å². The van der Waals surface area contributed by atoms with Crippen LogP contribution >= 0.6 is 0 Å². The Morgan fingerprint density at radius 2 is 2.31 bits per heavy atom. The molecule has 1 aromatic heterocycles. The summed E-state index contributed by atoms with van der Waals surface area (Å²) >= 11 is 0. The summed E-state index contributed by atoms with van der Waals surface area (Å²) in [6.45, 7) is 6.41. The standard InChI is InChI=1S/C11H18N2O3/c1-11(2,3)9(10(14)15-4)12-7-8-5-6-16-13-8/h5-6,9,12H,7H2,1-4H3/t9-/m1/s1. The van der Waals surface area contributed by atoms with Gasteiger partial charge in [0.15, 0.2) is 0 Å². The average molecular weight is 226 g/mol. The number of carbonyl (C=O) groups is 1. The fraction of sp³-hybridized carbons (Fsp3) is 0.636. The Morgan fingerprint density at radius 1 is 1.62 bits per heavy atom. The molecule has 16 heavy (non-hydrogen) atoms. The van der Waals surface area contributed by atoms with Gasteiger partial charge in [-0.2, -0.15) is 0 Å². The number of nitrogens with zero attached hydrogens (tertiary/aromatic N) is 1. The smallest absolute Gasteiger partial charge is 0.323 e. The Balaban J connectivity index is 2.61. The fourth-order valence-corrected chi connectivity index (χ4v) is 1.40. The van der Waals surface area contributed by atoms with Crippen molar-refractivity contribution >= 4 is 5.97 Å². The lowest BCUT2D eigenvalue weighted by atomic mass is 9.86. The van der Waals surface area contributed by atoms with Crippen LogP contribution in [0.4, 0.5) is 0 Å². The molecule has 0 saturated carbocycles. The third kappa shape index (κ3) is 3.34.